The van der Waals surface area contributed by atoms with Crippen molar-refractivity contribution >= 4 is 5.91 Å². The Bertz CT molecular complexity index is 788. The van der Waals surface area contributed by atoms with Crippen LogP contribution in [0.5, 0.6) is 11.5 Å². The van der Waals surface area contributed by atoms with Crippen molar-refractivity contribution in [2.45, 2.75) is 38.3 Å². The number of halogens is 1. The second kappa shape index (κ2) is 6.75. The number of benzene rings is 2. The molecule has 1 aliphatic heterocycles. The summed E-state index contributed by atoms with van der Waals surface area (Å²) in [5.41, 5.74) is 0.857. The summed E-state index contributed by atoms with van der Waals surface area (Å²) in [5.74, 6) is 0.845. The third-order valence-corrected chi connectivity index (χ3v) is 4.32. The van der Waals surface area contributed by atoms with Crippen molar-refractivity contribution in [3.8, 4) is 11.5 Å². The van der Waals surface area contributed by atoms with Crippen molar-refractivity contribution in [2.75, 3.05) is 7.11 Å². The molecule has 1 heterocycles. The van der Waals surface area contributed by atoms with Crippen LogP contribution in [0.15, 0.2) is 42.5 Å². The first-order valence-corrected chi connectivity index (χ1v) is 8.28. The SMILES string of the molecule is COc1ccc2c(c1)[C@@H](NC(=O)Cc1ccccc1F)CC(C)(C)O2. The molecular formula is C20H22FNO3. The van der Waals surface area contributed by atoms with Crippen LogP contribution in [-0.2, 0) is 11.2 Å². The molecule has 3 rings (SSSR count). The van der Waals surface area contributed by atoms with Crippen LogP contribution in [0.3, 0.4) is 0 Å². The van der Waals surface area contributed by atoms with Gasteiger partial charge in [-0.3, -0.25) is 4.79 Å². The molecule has 0 saturated carbocycles. The van der Waals surface area contributed by atoms with Crippen molar-refractivity contribution in [3.63, 3.8) is 0 Å². The molecule has 4 nitrogen and oxygen atoms in total. The summed E-state index contributed by atoms with van der Waals surface area (Å²) < 4.78 is 25.1. The molecule has 0 bridgehead atoms. The summed E-state index contributed by atoms with van der Waals surface area (Å²) in [6.07, 6.45) is 0.625. The second-order valence-corrected chi connectivity index (χ2v) is 6.86. The largest absolute Gasteiger partial charge is 0.497 e. The number of hydrogen-bond donors (Lipinski definition) is 1. The Balaban J connectivity index is 1.82. The maximum Gasteiger partial charge on any atom is 0.225 e. The first-order valence-electron chi connectivity index (χ1n) is 8.28. The number of rotatable bonds is 4. The summed E-state index contributed by atoms with van der Waals surface area (Å²) in [5, 5.41) is 3.02. The fourth-order valence-corrected chi connectivity index (χ4v) is 3.15. The lowest BCUT2D eigenvalue weighted by Gasteiger charge is -2.38. The lowest BCUT2D eigenvalue weighted by atomic mass is 9.89. The van der Waals surface area contributed by atoms with Gasteiger partial charge in [0.15, 0.2) is 0 Å². The lowest BCUT2D eigenvalue weighted by Crippen LogP contribution is -2.41. The first kappa shape index (κ1) is 17.3. The maximum atomic E-state index is 13.8. The zero-order chi connectivity index (χ0) is 18.0. The monoisotopic (exact) mass is 343 g/mol. The van der Waals surface area contributed by atoms with Crippen LogP contribution in [0.4, 0.5) is 4.39 Å². The Hall–Kier alpha value is -2.56. The molecule has 2 aromatic rings. The summed E-state index contributed by atoms with van der Waals surface area (Å²) in [4.78, 5) is 12.5. The minimum absolute atomic E-state index is 0.00373. The van der Waals surface area contributed by atoms with E-state index in [1.165, 1.54) is 6.07 Å². The molecule has 1 atom stereocenters. The molecule has 0 radical (unpaired) electrons. The van der Waals surface area contributed by atoms with E-state index in [1.807, 2.05) is 32.0 Å². The van der Waals surface area contributed by atoms with Gasteiger partial charge in [0.1, 0.15) is 22.9 Å². The Morgan fingerprint density at radius 2 is 2.08 bits per heavy atom. The van der Waals surface area contributed by atoms with E-state index in [1.54, 1.807) is 25.3 Å². The minimum atomic E-state index is -0.405. The van der Waals surface area contributed by atoms with Crippen LogP contribution in [0.25, 0.3) is 0 Å². The van der Waals surface area contributed by atoms with Gasteiger partial charge in [-0.05, 0) is 43.7 Å². The van der Waals surface area contributed by atoms with E-state index in [2.05, 4.69) is 5.32 Å². The van der Waals surface area contributed by atoms with Gasteiger partial charge in [0.25, 0.3) is 0 Å². The zero-order valence-electron chi connectivity index (χ0n) is 14.6. The quantitative estimate of drug-likeness (QED) is 0.919. The molecular weight excluding hydrogens is 321 g/mol. The fourth-order valence-electron chi connectivity index (χ4n) is 3.15. The molecule has 1 aliphatic rings. The van der Waals surface area contributed by atoms with Crippen LogP contribution in [-0.4, -0.2) is 18.6 Å². The van der Waals surface area contributed by atoms with Gasteiger partial charge in [-0.25, -0.2) is 4.39 Å². The highest BCUT2D eigenvalue weighted by molar-refractivity contribution is 5.79. The normalized spacial score (nSPS) is 18.0. The first-order chi connectivity index (χ1) is 11.9. The number of carbonyl (C=O) groups excluding carboxylic acids is 1. The highest BCUT2D eigenvalue weighted by Crippen LogP contribution is 2.41. The maximum absolute atomic E-state index is 13.8. The molecule has 0 saturated heterocycles. The summed E-state index contributed by atoms with van der Waals surface area (Å²) in [7, 11) is 1.60. The number of amides is 1. The Morgan fingerprint density at radius 1 is 1.32 bits per heavy atom. The standard InChI is InChI=1S/C20H22FNO3/c1-20(2)12-17(15-11-14(24-3)8-9-18(15)25-20)22-19(23)10-13-6-4-5-7-16(13)21/h4-9,11,17H,10,12H2,1-3H3,(H,22,23)/t17-/m0/s1. The van der Waals surface area contributed by atoms with Gasteiger partial charge in [0, 0.05) is 12.0 Å². The van der Waals surface area contributed by atoms with Crippen LogP contribution >= 0.6 is 0 Å². The van der Waals surface area contributed by atoms with E-state index in [9.17, 15) is 9.18 Å². The summed E-state index contributed by atoms with van der Waals surface area (Å²) in [6, 6.07) is 11.7. The zero-order valence-corrected chi connectivity index (χ0v) is 14.6. The average Bonchev–Trinajstić information content (AvgIpc) is 2.55. The predicted molar refractivity (Wildman–Crippen MR) is 93.3 cm³/mol. The Labute approximate surface area is 147 Å². The lowest BCUT2D eigenvalue weighted by molar-refractivity contribution is -0.121. The third kappa shape index (κ3) is 3.92. The van der Waals surface area contributed by atoms with E-state index in [0.717, 1.165) is 11.3 Å². The van der Waals surface area contributed by atoms with Crippen LogP contribution < -0.4 is 14.8 Å². The van der Waals surface area contributed by atoms with Crippen molar-refractivity contribution in [3.05, 3.63) is 59.4 Å². The van der Waals surface area contributed by atoms with Crippen LogP contribution in [0, 0.1) is 5.82 Å². The molecule has 0 aliphatic carbocycles. The molecule has 1 N–H and O–H groups in total. The molecule has 5 heteroatoms. The van der Waals surface area contributed by atoms with Gasteiger partial charge in [-0.2, -0.15) is 0 Å². The number of nitrogens with one attached hydrogen (secondary N) is 1. The number of carbonyl (C=O) groups is 1. The molecule has 132 valence electrons. The number of methoxy groups -OCH3 is 1. The second-order valence-electron chi connectivity index (χ2n) is 6.86. The topological polar surface area (TPSA) is 47.6 Å². The summed E-state index contributed by atoms with van der Waals surface area (Å²) in [6.45, 7) is 3.96. The third-order valence-electron chi connectivity index (χ3n) is 4.32. The Kier molecular flexibility index (Phi) is 4.66. The van der Waals surface area contributed by atoms with Crippen molar-refractivity contribution in [2.24, 2.45) is 0 Å². The van der Waals surface area contributed by atoms with Crippen LogP contribution in [0.1, 0.15) is 37.4 Å². The smallest absolute Gasteiger partial charge is 0.225 e. The molecule has 0 aromatic heterocycles. The van der Waals surface area contributed by atoms with Gasteiger partial charge < -0.3 is 14.8 Å². The van der Waals surface area contributed by atoms with Gasteiger partial charge in [0.05, 0.1) is 19.6 Å². The molecule has 1 amide bonds. The van der Waals surface area contributed by atoms with Gasteiger partial charge in [-0.1, -0.05) is 18.2 Å². The highest BCUT2D eigenvalue weighted by atomic mass is 19.1. The van der Waals surface area contributed by atoms with E-state index in [0.29, 0.717) is 17.7 Å². The molecule has 0 spiro atoms. The predicted octanol–water partition coefficient (Wildman–Crippen LogP) is 3.80. The van der Waals surface area contributed by atoms with Crippen molar-refractivity contribution in [1.29, 1.82) is 0 Å². The molecule has 0 unspecified atom stereocenters. The average molecular weight is 343 g/mol. The summed E-state index contributed by atoms with van der Waals surface area (Å²) >= 11 is 0. The van der Waals surface area contributed by atoms with E-state index in [-0.39, 0.29) is 24.2 Å². The number of ether oxygens (including phenoxy) is 2. The number of fused-ring (bicyclic) bond motifs is 1. The van der Waals surface area contributed by atoms with Crippen molar-refractivity contribution in [1.82, 2.24) is 5.32 Å². The van der Waals surface area contributed by atoms with E-state index in [4.69, 9.17) is 9.47 Å². The van der Waals surface area contributed by atoms with Gasteiger partial charge in [0.2, 0.25) is 5.91 Å². The van der Waals surface area contributed by atoms with E-state index < -0.39 is 5.60 Å². The molecule has 0 fully saturated rings. The van der Waals surface area contributed by atoms with Crippen LogP contribution in [0.2, 0.25) is 0 Å². The fraction of sp³-hybridized carbons (Fsp3) is 0.350. The van der Waals surface area contributed by atoms with E-state index >= 15 is 0 Å². The highest BCUT2D eigenvalue weighted by Gasteiger charge is 2.34. The Morgan fingerprint density at radius 3 is 2.80 bits per heavy atom. The van der Waals surface area contributed by atoms with Gasteiger partial charge >= 0.3 is 0 Å². The van der Waals surface area contributed by atoms with Crippen molar-refractivity contribution < 1.29 is 18.7 Å². The minimum Gasteiger partial charge on any atom is -0.497 e. The van der Waals surface area contributed by atoms with Gasteiger partial charge in [-0.15, -0.1) is 0 Å². The molecule has 25 heavy (non-hydrogen) atoms. The number of hydrogen-bond acceptors (Lipinski definition) is 3. The molecule has 2 aromatic carbocycles.